The fourth-order valence-electron chi connectivity index (χ4n) is 2.52. The average Bonchev–Trinajstić information content (AvgIpc) is 2.41. The van der Waals surface area contributed by atoms with Crippen molar-refractivity contribution in [2.45, 2.75) is 23.6 Å². The van der Waals surface area contributed by atoms with E-state index in [1.54, 1.807) is 0 Å². The number of benzene rings is 1. The van der Waals surface area contributed by atoms with E-state index < -0.39 is 5.92 Å². The predicted molar refractivity (Wildman–Crippen MR) is 79.3 cm³/mol. The molecule has 0 saturated heterocycles. The molecular weight excluding hydrogens is 376 g/mol. The monoisotopic (exact) mass is 388 g/mol. The highest BCUT2D eigenvalue weighted by Crippen LogP contribution is 2.41. The van der Waals surface area contributed by atoms with E-state index in [1.807, 2.05) is 24.3 Å². The van der Waals surface area contributed by atoms with Gasteiger partial charge in [0.25, 0.3) is 0 Å². The summed E-state index contributed by atoms with van der Waals surface area (Å²) in [7, 11) is 1.37. The zero-order valence-electron chi connectivity index (χ0n) is 10.4. The highest BCUT2D eigenvalue weighted by molar-refractivity contribution is 9.10. The maximum atomic E-state index is 11.9. The molecule has 3 nitrogen and oxygen atoms in total. The molecule has 19 heavy (non-hydrogen) atoms. The van der Waals surface area contributed by atoms with Crippen molar-refractivity contribution in [2.75, 3.05) is 7.11 Å². The van der Waals surface area contributed by atoms with Crippen molar-refractivity contribution in [2.24, 2.45) is 5.92 Å². The van der Waals surface area contributed by atoms with E-state index in [4.69, 9.17) is 4.74 Å². The summed E-state index contributed by atoms with van der Waals surface area (Å²) in [4.78, 5) is 23.5. The Morgan fingerprint density at radius 3 is 2.68 bits per heavy atom. The lowest BCUT2D eigenvalue weighted by Crippen LogP contribution is -2.36. The second-order valence-corrected chi connectivity index (χ2v) is 6.59. The molecule has 0 unspecified atom stereocenters. The Morgan fingerprint density at radius 1 is 1.37 bits per heavy atom. The number of carbonyl (C=O) groups is 2. The molecule has 0 heterocycles. The minimum Gasteiger partial charge on any atom is -0.469 e. The molecule has 0 amide bonds. The van der Waals surface area contributed by atoms with E-state index >= 15 is 0 Å². The van der Waals surface area contributed by atoms with Crippen molar-refractivity contribution in [1.29, 1.82) is 0 Å². The van der Waals surface area contributed by atoms with Crippen LogP contribution in [0.5, 0.6) is 0 Å². The van der Waals surface area contributed by atoms with Crippen LogP contribution < -0.4 is 0 Å². The Kier molecular flexibility index (Phi) is 4.79. The van der Waals surface area contributed by atoms with Crippen molar-refractivity contribution in [1.82, 2.24) is 0 Å². The van der Waals surface area contributed by atoms with E-state index in [9.17, 15) is 9.59 Å². The van der Waals surface area contributed by atoms with Gasteiger partial charge in [-0.3, -0.25) is 9.59 Å². The molecular formula is C14H14Br2O3. The Labute approximate surface area is 129 Å². The maximum absolute atomic E-state index is 11.9. The van der Waals surface area contributed by atoms with Gasteiger partial charge in [-0.15, -0.1) is 0 Å². The first-order chi connectivity index (χ1) is 9.04. The van der Waals surface area contributed by atoms with Crippen LogP contribution in [0.4, 0.5) is 0 Å². The van der Waals surface area contributed by atoms with Crippen LogP contribution in [-0.2, 0) is 14.3 Å². The number of rotatable bonds is 2. The topological polar surface area (TPSA) is 43.4 Å². The van der Waals surface area contributed by atoms with Gasteiger partial charge in [0.2, 0.25) is 0 Å². The minimum atomic E-state index is -0.398. The van der Waals surface area contributed by atoms with Crippen LogP contribution in [0.3, 0.4) is 0 Å². The molecule has 0 radical (unpaired) electrons. The van der Waals surface area contributed by atoms with Crippen LogP contribution >= 0.6 is 31.9 Å². The van der Waals surface area contributed by atoms with Gasteiger partial charge in [0.05, 0.1) is 17.9 Å². The van der Waals surface area contributed by atoms with E-state index in [0.717, 1.165) is 10.0 Å². The van der Waals surface area contributed by atoms with E-state index in [0.29, 0.717) is 6.42 Å². The third kappa shape index (κ3) is 3.08. The number of hydrogen-bond donors (Lipinski definition) is 0. The number of alkyl halides is 1. The minimum absolute atomic E-state index is 0.00917. The maximum Gasteiger partial charge on any atom is 0.309 e. The van der Waals surface area contributed by atoms with E-state index in [-0.39, 0.29) is 28.9 Å². The number of ether oxygens (including phenoxy) is 1. The van der Waals surface area contributed by atoms with E-state index in [1.165, 1.54) is 7.11 Å². The quantitative estimate of drug-likeness (QED) is 0.574. The molecule has 1 aliphatic rings. The molecule has 0 aliphatic heterocycles. The summed E-state index contributed by atoms with van der Waals surface area (Å²) < 4.78 is 5.80. The Morgan fingerprint density at radius 2 is 2.05 bits per heavy atom. The first-order valence-electron chi connectivity index (χ1n) is 6.03. The normalized spacial score (nSPS) is 27.1. The summed E-state index contributed by atoms with van der Waals surface area (Å²) >= 11 is 6.91. The number of halogens is 2. The van der Waals surface area contributed by atoms with Gasteiger partial charge in [-0.05, 0) is 18.1 Å². The summed E-state index contributed by atoms with van der Waals surface area (Å²) in [6, 6.07) is 7.80. The molecule has 1 aromatic carbocycles. The number of carbonyl (C=O) groups excluding carboxylic acids is 2. The zero-order chi connectivity index (χ0) is 14.0. The van der Waals surface area contributed by atoms with Gasteiger partial charge in [0.1, 0.15) is 5.78 Å². The number of methoxy groups -OCH3 is 1. The first kappa shape index (κ1) is 14.7. The van der Waals surface area contributed by atoms with Crippen molar-refractivity contribution in [3.8, 4) is 0 Å². The first-order valence-corrected chi connectivity index (χ1v) is 7.74. The van der Waals surface area contributed by atoms with Gasteiger partial charge >= 0.3 is 5.97 Å². The Hall–Kier alpha value is -0.680. The largest absolute Gasteiger partial charge is 0.469 e. The third-order valence-corrected chi connectivity index (χ3v) is 5.13. The SMILES string of the molecule is COC(=O)[C@@H]1CC(=O)[C@H](Br)C[C@H]1c1ccccc1Br. The van der Waals surface area contributed by atoms with E-state index in [2.05, 4.69) is 31.9 Å². The van der Waals surface area contributed by atoms with Gasteiger partial charge < -0.3 is 4.74 Å². The second-order valence-electron chi connectivity index (χ2n) is 4.63. The summed E-state index contributed by atoms with van der Waals surface area (Å²) in [6.45, 7) is 0. The number of Topliss-reactive ketones (excluding diaryl/α,β-unsaturated/α-hetero) is 1. The van der Waals surface area contributed by atoms with Gasteiger partial charge in [0, 0.05) is 16.8 Å². The van der Waals surface area contributed by atoms with Crippen molar-refractivity contribution in [3.63, 3.8) is 0 Å². The van der Waals surface area contributed by atoms with Gasteiger partial charge in [-0.1, -0.05) is 50.1 Å². The number of ketones is 1. The molecule has 0 aromatic heterocycles. The number of esters is 1. The highest BCUT2D eigenvalue weighted by atomic mass is 79.9. The smallest absolute Gasteiger partial charge is 0.309 e. The second kappa shape index (κ2) is 6.18. The van der Waals surface area contributed by atoms with Crippen LogP contribution in [0.1, 0.15) is 24.3 Å². The van der Waals surface area contributed by atoms with Crippen LogP contribution in [0.2, 0.25) is 0 Å². The molecule has 0 bridgehead atoms. The lowest BCUT2D eigenvalue weighted by atomic mass is 9.75. The summed E-state index contributed by atoms with van der Waals surface area (Å²) in [5.74, 6) is -0.651. The fourth-order valence-corrected chi connectivity index (χ4v) is 3.69. The van der Waals surface area contributed by atoms with Crippen molar-refractivity contribution in [3.05, 3.63) is 34.3 Å². The molecule has 1 saturated carbocycles. The van der Waals surface area contributed by atoms with Crippen molar-refractivity contribution < 1.29 is 14.3 Å². The Balaban J connectivity index is 2.36. The summed E-state index contributed by atoms with van der Waals surface area (Å²) in [5, 5.41) is 0. The van der Waals surface area contributed by atoms with Crippen LogP contribution in [0.15, 0.2) is 28.7 Å². The van der Waals surface area contributed by atoms with Gasteiger partial charge in [-0.2, -0.15) is 0 Å². The molecule has 2 rings (SSSR count). The zero-order valence-corrected chi connectivity index (χ0v) is 13.6. The molecule has 5 heteroatoms. The molecule has 0 spiro atoms. The molecule has 102 valence electrons. The third-order valence-electron chi connectivity index (χ3n) is 3.53. The molecule has 1 aromatic rings. The lowest BCUT2D eigenvalue weighted by molar-refractivity contribution is -0.149. The Bertz CT molecular complexity index is 501. The highest BCUT2D eigenvalue weighted by Gasteiger charge is 2.40. The average molecular weight is 390 g/mol. The van der Waals surface area contributed by atoms with Crippen LogP contribution in [0, 0.1) is 5.92 Å². The standard InChI is InChI=1S/C14H14Br2O3/c1-19-14(18)10-7-13(17)12(16)6-9(10)8-4-2-3-5-11(8)15/h2-5,9-10,12H,6-7H2,1H3/t9-,10+,12+/m0/s1. The summed E-state index contributed by atoms with van der Waals surface area (Å²) in [6.07, 6.45) is 0.843. The predicted octanol–water partition coefficient (Wildman–Crippen LogP) is 3.45. The number of hydrogen-bond acceptors (Lipinski definition) is 3. The van der Waals surface area contributed by atoms with Crippen molar-refractivity contribution >= 4 is 43.6 Å². The fraction of sp³-hybridized carbons (Fsp3) is 0.429. The molecule has 0 N–H and O–H groups in total. The summed E-state index contributed by atoms with van der Waals surface area (Å²) in [5.41, 5.74) is 1.05. The molecule has 3 atom stereocenters. The lowest BCUT2D eigenvalue weighted by Gasteiger charge is -2.32. The molecule has 1 aliphatic carbocycles. The van der Waals surface area contributed by atoms with Crippen LogP contribution in [-0.4, -0.2) is 23.7 Å². The van der Waals surface area contributed by atoms with Crippen LogP contribution in [0.25, 0.3) is 0 Å². The van der Waals surface area contributed by atoms with Gasteiger partial charge in [-0.25, -0.2) is 0 Å². The molecule has 1 fully saturated rings. The van der Waals surface area contributed by atoms with Gasteiger partial charge in [0.15, 0.2) is 0 Å².